The molecule has 1 aromatic carbocycles. The molecule has 0 bridgehead atoms. The third-order valence-corrected chi connectivity index (χ3v) is 3.01. The summed E-state index contributed by atoms with van der Waals surface area (Å²) >= 11 is -0.446. The normalized spacial score (nSPS) is 10.9. The first-order chi connectivity index (χ1) is 10.3. The third-order valence-electron chi connectivity index (χ3n) is 2.29. The lowest BCUT2D eigenvalue weighted by Crippen LogP contribution is -2.41. The second-order valence-electron chi connectivity index (χ2n) is 3.87. The fourth-order valence-corrected chi connectivity index (χ4v) is 2.06. The van der Waals surface area contributed by atoms with Crippen LogP contribution < -0.4 is 10.2 Å². The van der Waals surface area contributed by atoms with Crippen LogP contribution in [0.3, 0.4) is 0 Å². The number of rotatable bonds is 5. The maximum atomic E-state index is 14.0. The molecule has 0 fully saturated rings. The number of methoxy groups -OCH3 is 1. The zero-order valence-electron chi connectivity index (χ0n) is 11.4. The highest BCUT2D eigenvalue weighted by Crippen LogP contribution is 2.38. The summed E-state index contributed by atoms with van der Waals surface area (Å²) in [7, 11) is 1.28. The lowest BCUT2D eigenvalue weighted by Gasteiger charge is -2.22. The van der Waals surface area contributed by atoms with Gasteiger partial charge in [0, 0.05) is 12.0 Å². The summed E-state index contributed by atoms with van der Waals surface area (Å²) in [5.74, 6) is 1.19. The van der Waals surface area contributed by atoms with Gasteiger partial charge in [0.2, 0.25) is 0 Å². The number of amides is 2. The molecular weight excluding hydrogens is 324 g/mol. The fraction of sp³-hybridized carbons (Fsp3) is 0.308. The van der Waals surface area contributed by atoms with E-state index in [-0.39, 0.29) is 23.9 Å². The van der Waals surface area contributed by atoms with Gasteiger partial charge in [0.1, 0.15) is 12.5 Å². The van der Waals surface area contributed by atoms with Crippen molar-refractivity contribution in [3.8, 4) is 12.3 Å². The van der Waals surface area contributed by atoms with Crippen molar-refractivity contribution in [1.29, 1.82) is 0 Å². The summed E-state index contributed by atoms with van der Waals surface area (Å²) in [6.07, 6.45) is 5.00. The molecule has 4 nitrogen and oxygen atoms in total. The topological polar surface area (TPSA) is 41.6 Å². The van der Waals surface area contributed by atoms with Crippen LogP contribution in [-0.4, -0.2) is 31.9 Å². The first-order valence-corrected chi connectivity index (χ1v) is 6.63. The number of halogens is 4. The van der Waals surface area contributed by atoms with Crippen molar-refractivity contribution in [2.45, 2.75) is 10.4 Å². The van der Waals surface area contributed by atoms with Gasteiger partial charge in [-0.05, 0) is 30.0 Å². The van der Waals surface area contributed by atoms with E-state index in [1.165, 1.54) is 7.11 Å². The number of ether oxygens (including phenoxy) is 1. The van der Waals surface area contributed by atoms with E-state index in [0.29, 0.717) is 6.07 Å². The second kappa shape index (κ2) is 7.91. The van der Waals surface area contributed by atoms with Gasteiger partial charge in [0.25, 0.3) is 0 Å². The minimum atomic E-state index is -4.52. The first kappa shape index (κ1) is 18.1. The number of carbonyl (C=O) groups excluding carboxylic acids is 1. The zero-order valence-corrected chi connectivity index (χ0v) is 12.2. The Bertz CT molecular complexity index is 572. The van der Waals surface area contributed by atoms with Crippen molar-refractivity contribution < 1.29 is 27.1 Å². The quantitative estimate of drug-likeness (QED) is 0.389. The minimum Gasteiger partial charge on any atom is -0.364 e. The standard InChI is InChI=1S/C13H12F4N2O2S/c1-3-6-18-12(20)19(8-21-2)11-5-4-9(7-10(11)14)22-13(15,16)17/h1,4-5,7H,6,8H2,2H3,(H,18,20). The zero-order chi connectivity index (χ0) is 16.8. The van der Waals surface area contributed by atoms with Gasteiger partial charge in [0.05, 0.1) is 12.2 Å². The van der Waals surface area contributed by atoms with Crippen LogP contribution in [0.5, 0.6) is 0 Å². The highest BCUT2D eigenvalue weighted by Gasteiger charge is 2.30. The number of thioether (sulfide) groups is 1. The van der Waals surface area contributed by atoms with Crippen LogP contribution in [0.2, 0.25) is 0 Å². The molecule has 0 saturated carbocycles. The fourth-order valence-electron chi connectivity index (χ4n) is 1.49. The van der Waals surface area contributed by atoms with Crippen molar-refractivity contribution >= 4 is 23.5 Å². The maximum Gasteiger partial charge on any atom is 0.446 e. The van der Waals surface area contributed by atoms with Crippen molar-refractivity contribution in [2.75, 3.05) is 25.3 Å². The predicted octanol–water partition coefficient (Wildman–Crippen LogP) is 3.19. The Hall–Kier alpha value is -1.92. The summed E-state index contributed by atoms with van der Waals surface area (Å²) in [6, 6.07) is 2.10. The van der Waals surface area contributed by atoms with Gasteiger partial charge >= 0.3 is 11.5 Å². The van der Waals surface area contributed by atoms with Gasteiger partial charge in [-0.15, -0.1) is 6.42 Å². The van der Waals surface area contributed by atoms with Gasteiger partial charge in [0.15, 0.2) is 0 Å². The summed E-state index contributed by atoms with van der Waals surface area (Å²) in [5, 5.41) is 2.31. The molecule has 0 aromatic heterocycles. The van der Waals surface area contributed by atoms with Crippen molar-refractivity contribution in [3.63, 3.8) is 0 Å². The summed E-state index contributed by atoms with van der Waals surface area (Å²) in [5.41, 5.74) is -4.74. The van der Waals surface area contributed by atoms with E-state index in [1.54, 1.807) is 0 Å². The molecule has 0 aliphatic carbocycles. The number of urea groups is 1. The van der Waals surface area contributed by atoms with Crippen LogP contribution in [0.1, 0.15) is 0 Å². The number of carbonyl (C=O) groups is 1. The Morgan fingerprint density at radius 2 is 2.18 bits per heavy atom. The predicted molar refractivity (Wildman–Crippen MR) is 74.9 cm³/mol. The molecule has 0 aliphatic rings. The van der Waals surface area contributed by atoms with Crippen LogP contribution >= 0.6 is 11.8 Å². The van der Waals surface area contributed by atoms with Crippen molar-refractivity contribution in [3.05, 3.63) is 24.0 Å². The van der Waals surface area contributed by atoms with Gasteiger partial charge < -0.3 is 10.1 Å². The molecular formula is C13H12F4N2O2S. The first-order valence-electron chi connectivity index (χ1n) is 5.81. The molecule has 0 unspecified atom stereocenters. The Morgan fingerprint density at radius 1 is 1.50 bits per heavy atom. The maximum absolute atomic E-state index is 14.0. The highest BCUT2D eigenvalue weighted by atomic mass is 32.2. The third kappa shape index (κ3) is 5.46. The summed E-state index contributed by atoms with van der Waals surface area (Å²) < 4.78 is 55.5. The molecule has 0 heterocycles. The number of benzene rings is 1. The van der Waals surface area contributed by atoms with E-state index in [9.17, 15) is 22.4 Å². The van der Waals surface area contributed by atoms with Crippen LogP contribution in [-0.2, 0) is 4.74 Å². The molecule has 1 rings (SSSR count). The van der Waals surface area contributed by atoms with Crippen LogP contribution in [0.25, 0.3) is 0 Å². The Labute approximate surface area is 128 Å². The lowest BCUT2D eigenvalue weighted by molar-refractivity contribution is -0.0328. The Kier molecular flexibility index (Phi) is 6.52. The molecule has 22 heavy (non-hydrogen) atoms. The number of hydrogen-bond acceptors (Lipinski definition) is 3. The number of nitrogens with one attached hydrogen (secondary N) is 1. The minimum absolute atomic E-state index is 0.0807. The molecule has 0 saturated heterocycles. The second-order valence-corrected chi connectivity index (χ2v) is 5.01. The van der Waals surface area contributed by atoms with E-state index >= 15 is 0 Å². The van der Waals surface area contributed by atoms with Crippen molar-refractivity contribution in [1.82, 2.24) is 5.32 Å². The smallest absolute Gasteiger partial charge is 0.364 e. The number of alkyl halides is 3. The number of hydrogen-bond donors (Lipinski definition) is 1. The molecule has 1 aromatic rings. The molecule has 120 valence electrons. The van der Waals surface area contributed by atoms with Gasteiger partial charge in [-0.1, -0.05) is 5.92 Å². The van der Waals surface area contributed by atoms with E-state index in [0.717, 1.165) is 17.0 Å². The van der Waals surface area contributed by atoms with Gasteiger partial charge in [-0.2, -0.15) is 13.2 Å². The van der Waals surface area contributed by atoms with Crippen LogP contribution in [0.15, 0.2) is 23.1 Å². The average Bonchev–Trinajstić information content (AvgIpc) is 2.41. The molecule has 0 aliphatic heterocycles. The number of terminal acetylenes is 1. The molecule has 2 amide bonds. The van der Waals surface area contributed by atoms with Crippen LogP contribution in [0.4, 0.5) is 28.0 Å². The van der Waals surface area contributed by atoms with E-state index in [4.69, 9.17) is 11.2 Å². The average molecular weight is 336 g/mol. The summed E-state index contributed by atoms with van der Waals surface area (Å²) in [4.78, 5) is 12.4. The Balaban J connectivity index is 3.01. The largest absolute Gasteiger partial charge is 0.446 e. The van der Waals surface area contributed by atoms with Gasteiger partial charge in [-0.25, -0.2) is 9.18 Å². The molecule has 0 spiro atoms. The molecule has 0 atom stereocenters. The molecule has 9 heteroatoms. The lowest BCUT2D eigenvalue weighted by atomic mass is 10.3. The highest BCUT2D eigenvalue weighted by molar-refractivity contribution is 8.00. The van der Waals surface area contributed by atoms with E-state index in [2.05, 4.69) is 11.2 Å². The van der Waals surface area contributed by atoms with E-state index in [1.807, 2.05) is 0 Å². The van der Waals surface area contributed by atoms with Crippen LogP contribution in [0, 0.1) is 18.2 Å². The monoisotopic (exact) mass is 336 g/mol. The summed E-state index contributed by atoms with van der Waals surface area (Å²) in [6.45, 7) is -0.373. The molecule has 1 N–H and O–H groups in total. The number of anilines is 1. The molecule has 0 radical (unpaired) electrons. The van der Waals surface area contributed by atoms with Gasteiger partial charge in [-0.3, -0.25) is 4.90 Å². The van der Waals surface area contributed by atoms with Crippen molar-refractivity contribution in [2.24, 2.45) is 0 Å². The Morgan fingerprint density at radius 3 is 2.68 bits per heavy atom. The van der Waals surface area contributed by atoms with E-state index < -0.39 is 29.1 Å². The SMILES string of the molecule is C#CCNC(=O)N(COC)c1ccc(SC(F)(F)F)cc1F. The number of nitrogens with zero attached hydrogens (tertiary/aromatic N) is 1.